The predicted molar refractivity (Wildman–Crippen MR) is 84.9 cm³/mol. The molecule has 1 aromatic heterocycles. The second-order valence-electron chi connectivity index (χ2n) is 3.94. The molecule has 2 rings (SSSR count). The average Bonchev–Trinajstić information content (AvgIpc) is 2.70. The molecule has 0 spiro atoms. The number of hydrogen-bond donors (Lipinski definition) is 2. The SMILES string of the molecule is Cc1csc(CO)c1S(=O)(=O)Nc1cccc(I)c1. The Kier molecular flexibility index (Phi) is 4.49. The summed E-state index contributed by atoms with van der Waals surface area (Å²) in [6.45, 7) is 1.44. The van der Waals surface area contributed by atoms with Crippen molar-refractivity contribution < 1.29 is 13.5 Å². The van der Waals surface area contributed by atoms with E-state index in [1.54, 1.807) is 30.5 Å². The molecule has 0 aliphatic carbocycles. The van der Waals surface area contributed by atoms with Gasteiger partial charge in [-0.15, -0.1) is 11.3 Å². The first kappa shape index (κ1) is 14.8. The maximum absolute atomic E-state index is 12.4. The maximum Gasteiger partial charge on any atom is 0.263 e. The Bertz CT molecular complexity index is 695. The van der Waals surface area contributed by atoms with E-state index < -0.39 is 10.0 Å². The number of benzene rings is 1. The lowest BCUT2D eigenvalue weighted by Crippen LogP contribution is -2.15. The molecule has 2 aromatic rings. The van der Waals surface area contributed by atoms with Gasteiger partial charge in [0.2, 0.25) is 0 Å². The third-order valence-corrected chi connectivity index (χ3v) is 5.98. The highest BCUT2D eigenvalue weighted by Gasteiger charge is 2.22. The second-order valence-corrected chi connectivity index (χ2v) is 7.77. The van der Waals surface area contributed by atoms with Crippen LogP contribution in [0.15, 0.2) is 34.5 Å². The molecule has 4 nitrogen and oxygen atoms in total. The Labute approximate surface area is 129 Å². The Hall–Kier alpha value is -0.640. The summed E-state index contributed by atoms with van der Waals surface area (Å²) in [5, 5.41) is 11.0. The van der Waals surface area contributed by atoms with Crippen molar-refractivity contribution in [3.8, 4) is 0 Å². The third kappa shape index (κ3) is 3.28. The Morgan fingerprint density at radius 3 is 2.79 bits per heavy atom. The summed E-state index contributed by atoms with van der Waals surface area (Å²) < 4.78 is 28.2. The number of hydrogen-bond acceptors (Lipinski definition) is 4. The minimum Gasteiger partial charge on any atom is -0.391 e. The van der Waals surface area contributed by atoms with Crippen molar-refractivity contribution >= 4 is 49.6 Å². The van der Waals surface area contributed by atoms with Gasteiger partial charge in [-0.25, -0.2) is 8.42 Å². The fourth-order valence-electron chi connectivity index (χ4n) is 1.72. The van der Waals surface area contributed by atoms with Crippen LogP contribution < -0.4 is 4.72 Å². The summed E-state index contributed by atoms with van der Waals surface area (Å²) in [7, 11) is -3.66. The van der Waals surface area contributed by atoms with E-state index in [1.165, 1.54) is 11.3 Å². The number of sulfonamides is 1. The highest BCUT2D eigenvalue weighted by Crippen LogP contribution is 2.28. The average molecular weight is 409 g/mol. The van der Waals surface area contributed by atoms with Crippen LogP contribution in [0.4, 0.5) is 5.69 Å². The van der Waals surface area contributed by atoms with Gasteiger partial charge in [-0.3, -0.25) is 4.72 Å². The van der Waals surface area contributed by atoms with E-state index in [9.17, 15) is 13.5 Å². The summed E-state index contributed by atoms with van der Waals surface area (Å²) >= 11 is 3.36. The number of aliphatic hydroxyl groups is 1. The minimum atomic E-state index is -3.66. The zero-order valence-corrected chi connectivity index (χ0v) is 13.8. The van der Waals surface area contributed by atoms with E-state index in [4.69, 9.17) is 0 Å². The molecular weight excluding hydrogens is 397 g/mol. The standard InChI is InChI=1S/C12H12INO3S2/c1-8-7-18-11(6-15)12(8)19(16,17)14-10-4-2-3-9(13)5-10/h2-5,7,14-15H,6H2,1H3. The predicted octanol–water partition coefficient (Wildman–Crippen LogP) is 2.95. The van der Waals surface area contributed by atoms with Crippen LogP contribution in [-0.4, -0.2) is 13.5 Å². The zero-order valence-electron chi connectivity index (χ0n) is 10.1. The number of rotatable bonds is 4. The van der Waals surface area contributed by atoms with Crippen molar-refractivity contribution in [2.45, 2.75) is 18.4 Å². The van der Waals surface area contributed by atoms with Gasteiger partial charge < -0.3 is 5.11 Å². The molecule has 0 aliphatic heterocycles. The van der Waals surface area contributed by atoms with Gasteiger partial charge in [0.15, 0.2) is 0 Å². The largest absolute Gasteiger partial charge is 0.391 e. The molecule has 0 bridgehead atoms. The van der Waals surface area contributed by atoms with Crippen LogP contribution in [0.3, 0.4) is 0 Å². The van der Waals surface area contributed by atoms with E-state index in [2.05, 4.69) is 27.3 Å². The summed E-state index contributed by atoms with van der Waals surface area (Å²) in [5.41, 5.74) is 1.16. The van der Waals surface area contributed by atoms with Crippen molar-refractivity contribution in [2.75, 3.05) is 4.72 Å². The van der Waals surface area contributed by atoms with Crippen LogP contribution in [0.2, 0.25) is 0 Å². The first-order chi connectivity index (χ1) is 8.94. The van der Waals surface area contributed by atoms with Crippen LogP contribution in [0.5, 0.6) is 0 Å². The molecule has 0 atom stereocenters. The molecule has 1 aromatic carbocycles. The van der Waals surface area contributed by atoms with E-state index in [1.807, 2.05) is 6.07 Å². The molecule has 0 unspecified atom stereocenters. The molecule has 19 heavy (non-hydrogen) atoms. The molecular formula is C12H12INO3S2. The molecule has 1 heterocycles. The Morgan fingerprint density at radius 2 is 2.16 bits per heavy atom. The van der Waals surface area contributed by atoms with E-state index in [0.717, 1.165) is 3.57 Å². The molecule has 7 heteroatoms. The van der Waals surface area contributed by atoms with E-state index >= 15 is 0 Å². The van der Waals surface area contributed by atoms with Crippen molar-refractivity contribution in [3.63, 3.8) is 0 Å². The van der Waals surface area contributed by atoms with Crippen molar-refractivity contribution in [1.29, 1.82) is 0 Å². The van der Waals surface area contributed by atoms with Crippen LogP contribution in [0, 0.1) is 10.5 Å². The van der Waals surface area contributed by atoms with Crippen molar-refractivity contribution in [3.05, 3.63) is 43.7 Å². The molecule has 0 radical (unpaired) electrons. The van der Waals surface area contributed by atoms with Gasteiger partial charge in [0, 0.05) is 9.26 Å². The fourth-order valence-corrected chi connectivity index (χ4v) is 4.97. The van der Waals surface area contributed by atoms with Crippen LogP contribution in [0.25, 0.3) is 0 Å². The summed E-state index contributed by atoms with van der Waals surface area (Å²) in [4.78, 5) is 0.634. The highest BCUT2D eigenvalue weighted by molar-refractivity contribution is 14.1. The molecule has 0 aliphatic rings. The summed E-state index contributed by atoms with van der Waals surface area (Å²) in [5.74, 6) is 0. The number of aliphatic hydroxyl groups excluding tert-OH is 1. The van der Waals surface area contributed by atoms with Gasteiger partial charge in [-0.2, -0.15) is 0 Å². The zero-order chi connectivity index (χ0) is 14.0. The third-order valence-electron chi connectivity index (χ3n) is 2.48. The first-order valence-electron chi connectivity index (χ1n) is 5.40. The smallest absolute Gasteiger partial charge is 0.263 e. The van der Waals surface area contributed by atoms with Gasteiger partial charge in [-0.05, 0) is 58.7 Å². The lowest BCUT2D eigenvalue weighted by molar-refractivity contribution is 0.282. The fraction of sp³-hybridized carbons (Fsp3) is 0.167. The molecule has 0 fully saturated rings. The Balaban J connectivity index is 2.40. The number of aryl methyl sites for hydroxylation is 1. The lowest BCUT2D eigenvalue weighted by atomic mass is 10.3. The van der Waals surface area contributed by atoms with Gasteiger partial charge in [0.25, 0.3) is 10.0 Å². The van der Waals surface area contributed by atoms with E-state index in [-0.39, 0.29) is 11.5 Å². The minimum absolute atomic E-state index is 0.180. The Morgan fingerprint density at radius 1 is 1.42 bits per heavy atom. The first-order valence-corrected chi connectivity index (χ1v) is 8.84. The van der Waals surface area contributed by atoms with E-state index in [0.29, 0.717) is 16.1 Å². The van der Waals surface area contributed by atoms with Crippen LogP contribution >= 0.6 is 33.9 Å². The monoisotopic (exact) mass is 409 g/mol. The molecule has 102 valence electrons. The quantitative estimate of drug-likeness (QED) is 0.764. The van der Waals surface area contributed by atoms with Crippen LogP contribution in [-0.2, 0) is 16.6 Å². The molecule has 0 saturated heterocycles. The van der Waals surface area contributed by atoms with Crippen molar-refractivity contribution in [1.82, 2.24) is 0 Å². The summed E-state index contributed by atoms with van der Waals surface area (Å²) in [6, 6.07) is 7.11. The lowest BCUT2D eigenvalue weighted by Gasteiger charge is -2.09. The maximum atomic E-state index is 12.4. The normalized spacial score (nSPS) is 11.5. The number of thiophene rings is 1. The topological polar surface area (TPSA) is 66.4 Å². The second kappa shape index (κ2) is 5.78. The number of nitrogens with one attached hydrogen (secondary N) is 1. The van der Waals surface area contributed by atoms with Crippen molar-refractivity contribution in [2.24, 2.45) is 0 Å². The number of halogens is 1. The van der Waals surface area contributed by atoms with Gasteiger partial charge >= 0.3 is 0 Å². The molecule has 0 saturated carbocycles. The summed E-state index contributed by atoms with van der Waals surface area (Å²) in [6.07, 6.45) is 0. The molecule has 2 N–H and O–H groups in total. The van der Waals surface area contributed by atoms with Crippen LogP contribution in [0.1, 0.15) is 10.4 Å². The highest BCUT2D eigenvalue weighted by atomic mass is 127. The number of anilines is 1. The van der Waals surface area contributed by atoms with Gasteiger partial charge in [0.1, 0.15) is 4.90 Å². The molecule has 0 amide bonds. The van der Waals surface area contributed by atoms with Gasteiger partial charge in [-0.1, -0.05) is 6.07 Å². The van der Waals surface area contributed by atoms with Gasteiger partial charge in [0.05, 0.1) is 11.5 Å².